The first-order valence-electron chi connectivity index (χ1n) is 3.33. The van der Waals surface area contributed by atoms with Crippen LogP contribution in [0.15, 0.2) is 5.16 Å². The van der Waals surface area contributed by atoms with Crippen molar-refractivity contribution in [3.8, 4) is 0 Å². The van der Waals surface area contributed by atoms with Crippen molar-refractivity contribution < 1.29 is 10.0 Å². The number of carbonyl (C=O) groups excluding carboxylic acids is 1. The molecule has 1 rings (SSSR count). The van der Waals surface area contributed by atoms with Crippen molar-refractivity contribution in [1.29, 1.82) is 0 Å². The number of hydrogen-bond acceptors (Lipinski definition) is 5. The van der Waals surface area contributed by atoms with Crippen LogP contribution in [0.5, 0.6) is 0 Å². The number of carbonyl (C=O) groups is 1. The van der Waals surface area contributed by atoms with Gasteiger partial charge in [0, 0.05) is 19.2 Å². The van der Waals surface area contributed by atoms with Crippen LogP contribution in [0.1, 0.15) is 6.92 Å². The zero-order chi connectivity index (χ0) is 8.27. The van der Waals surface area contributed by atoms with E-state index in [2.05, 4.69) is 10.5 Å². The topological polar surface area (TPSA) is 61.7 Å². The van der Waals surface area contributed by atoms with E-state index in [1.165, 1.54) is 6.92 Å². The summed E-state index contributed by atoms with van der Waals surface area (Å²) in [5.41, 5.74) is 0.215. The fourth-order valence-corrected chi connectivity index (χ4v) is 1.99. The Labute approximate surface area is 69.0 Å². The molecular weight excluding hydrogens is 164 g/mol. The van der Waals surface area contributed by atoms with Crippen molar-refractivity contribution in [3.63, 3.8) is 0 Å². The van der Waals surface area contributed by atoms with Crippen LogP contribution in [0.2, 0.25) is 0 Å². The molecule has 1 atom stereocenters. The van der Waals surface area contributed by atoms with Gasteiger partial charge in [0.25, 0.3) is 0 Å². The number of nitrogens with one attached hydrogen (secondary N) is 1. The van der Waals surface area contributed by atoms with E-state index < -0.39 is 0 Å². The number of thioether (sulfide) groups is 1. The Bertz CT molecular complexity index is 187. The number of ketones is 1. The summed E-state index contributed by atoms with van der Waals surface area (Å²) in [6.07, 6.45) is 0. The molecule has 0 bridgehead atoms. The fraction of sp³-hybridized carbons (Fsp3) is 0.667. The van der Waals surface area contributed by atoms with E-state index >= 15 is 0 Å². The largest absolute Gasteiger partial charge is 0.410 e. The predicted molar refractivity (Wildman–Crippen MR) is 44.2 cm³/mol. The zero-order valence-electron chi connectivity index (χ0n) is 6.20. The van der Waals surface area contributed by atoms with Gasteiger partial charge in [-0.3, -0.25) is 10.1 Å². The first-order chi connectivity index (χ1) is 5.25. The van der Waals surface area contributed by atoms with Crippen LogP contribution in [-0.4, -0.2) is 34.4 Å². The summed E-state index contributed by atoms with van der Waals surface area (Å²) in [4.78, 5) is 10.8. The third-order valence-corrected chi connectivity index (χ3v) is 2.60. The lowest BCUT2D eigenvalue weighted by Crippen LogP contribution is -2.33. The number of hydrogen-bond donors (Lipinski definition) is 2. The summed E-state index contributed by atoms with van der Waals surface area (Å²) in [7, 11) is 0. The molecule has 0 aromatic rings. The standard InChI is InChI=1S/C6H10N2O2S/c1-4(9)5(8-10)6-7-2-3-11-6/h6-7,10H,2-3H2,1H3. The molecule has 0 aliphatic carbocycles. The number of Topliss-reactive ketones (excluding diaryl/α,β-unsaturated/α-hetero) is 1. The van der Waals surface area contributed by atoms with Gasteiger partial charge in [0.1, 0.15) is 11.1 Å². The summed E-state index contributed by atoms with van der Waals surface area (Å²) in [6.45, 7) is 2.26. The van der Waals surface area contributed by atoms with Crippen LogP contribution in [0.25, 0.3) is 0 Å². The van der Waals surface area contributed by atoms with E-state index in [0.29, 0.717) is 0 Å². The lowest BCUT2D eigenvalue weighted by Gasteiger charge is -2.06. The maximum atomic E-state index is 10.8. The minimum Gasteiger partial charge on any atom is -0.410 e. The molecule has 4 nitrogen and oxygen atoms in total. The van der Waals surface area contributed by atoms with Gasteiger partial charge in [0.2, 0.25) is 0 Å². The van der Waals surface area contributed by atoms with E-state index in [9.17, 15) is 4.79 Å². The molecule has 0 spiro atoms. The number of nitrogens with zero attached hydrogens (tertiary/aromatic N) is 1. The Morgan fingerprint density at radius 2 is 2.55 bits per heavy atom. The Hall–Kier alpha value is -0.550. The Balaban J connectivity index is 2.62. The lowest BCUT2D eigenvalue weighted by molar-refractivity contribution is -0.111. The minimum atomic E-state index is -0.181. The third-order valence-electron chi connectivity index (χ3n) is 1.43. The van der Waals surface area contributed by atoms with Gasteiger partial charge < -0.3 is 5.21 Å². The van der Waals surface area contributed by atoms with Crippen molar-refractivity contribution in [2.75, 3.05) is 12.3 Å². The van der Waals surface area contributed by atoms with E-state index in [-0.39, 0.29) is 16.9 Å². The highest BCUT2D eigenvalue weighted by molar-refractivity contribution is 8.00. The maximum Gasteiger partial charge on any atom is 0.179 e. The van der Waals surface area contributed by atoms with E-state index in [1.807, 2.05) is 0 Å². The van der Waals surface area contributed by atoms with Crippen LogP contribution in [0, 0.1) is 0 Å². The van der Waals surface area contributed by atoms with Crippen LogP contribution >= 0.6 is 11.8 Å². The fourth-order valence-electron chi connectivity index (χ4n) is 0.909. The number of oxime groups is 1. The van der Waals surface area contributed by atoms with E-state index in [1.54, 1.807) is 11.8 Å². The molecule has 2 N–H and O–H groups in total. The van der Waals surface area contributed by atoms with E-state index in [4.69, 9.17) is 5.21 Å². The Kier molecular flexibility index (Phi) is 2.90. The average Bonchev–Trinajstić information content (AvgIpc) is 2.40. The zero-order valence-corrected chi connectivity index (χ0v) is 7.02. The lowest BCUT2D eigenvalue weighted by atomic mass is 10.2. The highest BCUT2D eigenvalue weighted by Gasteiger charge is 2.24. The molecule has 1 unspecified atom stereocenters. The molecule has 11 heavy (non-hydrogen) atoms. The second kappa shape index (κ2) is 3.73. The van der Waals surface area contributed by atoms with Crippen molar-refractivity contribution in [1.82, 2.24) is 5.32 Å². The Morgan fingerprint density at radius 1 is 1.82 bits per heavy atom. The van der Waals surface area contributed by atoms with Gasteiger partial charge in [0.15, 0.2) is 5.78 Å². The molecule has 0 amide bonds. The van der Waals surface area contributed by atoms with Gasteiger partial charge in [-0.15, -0.1) is 11.8 Å². The van der Waals surface area contributed by atoms with Crippen molar-refractivity contribution >= 4 is 23.3 Å². The molecule has 1 aliphatic heterocycles. The van der Waals surface area contributed by atoms with Gasteiger partial charge in [-0.05, 0) is 0 Å². The molecule has 5 heteroatoms. The maximum absolute atomic E-state index is 10.8. The predicted octanol–water partition coefficient (Wildman–Crippen LogP) is 0.0681. The molecular formula is C6H10N2O2S. The molecule has 0 saturated carbocycles. The van der Waals surface area contributed by atoms with Gasteiger partial charge in [-0.1, -0.05) is 5.16 Å². The van der Waals surface area contributed by atoms with Crippen LogP contribution < -0.4 is 5.32 Å². The second-order valence-electron chi connectivity index (χ2n) is 2.25. The molecule has 1 fully saturated rings. The SMILES string of the molecule is CC(=O)C(=NO)C1NCCS1. The smallest absolute Gasteiger partial charge is 0.179 e. The summed E-state index contributed by atoms with van der Waals surface area (Å²) < 4.78 is 0. The molecule has 0 aromatic carbocycles. The molecule has 0 aromatic heterocycles. The van der Waals surface area contributed by atoms with Crippen molar-refractivity contribution in [2.45, 2.75) is 12.3 Å². The van der Waals surface area contributed by atoms with Crippen molar-refractivity contribution in [2.24, 2.45) is 5.16 Å². The first kappa shape index (κ1) is 8.55. The quantitative estimate of drug-likeness (QED) is 0.353. The summed E-state index contributed by atoms with van der Waals surface area (Å²) in [6, 6.07) is 0. The van der Waals surface area contributed by atoms with Crippen LogP contribution in [-0.2, 0) is 4.79 Å². The first-order valence-corrected chi connectivity index (χ1v) is 4.38. The highest BCUT2D eigenvalue weighted by Crippen LogP contribution is 2.15. The summed E-state index contributed by atoms with van der Waals surface area (Å²) in [5, 5.41) is 14.4. The normalized spacial score (nSPS) is 25.5. The average molecular weight is 174 g/mol. The van der Waals surface area contributed by atoms with Gasteiger partial charge in [-0.25, -0.2) is 0 Å². The number of rotatable bonds is 2. The molecule has 1 saturated heterocycles. The molecule has 1 heterocycles. The monoisotopic (exact) mass is 174 g/mol. The van der Waals surface area contributed by atoms with Gasteiger partial charge >= 0.3 is 0 Å². The second-order valence-corrected chi connectivity index (χ2v) is 3.46. The molecule has 1 aliphatic rings. The van der Waals surface area contributed by atoms with Crippen LogP contribution in [0.4, 0.5) is 0 Å². The summed E-state index contributed by atoms with van der Waals surface area (Å²) in [5.74, 6) is 0.774. The molecule has 62 valence electrons. The Morgan fingerprint density at radius 3 is 2.91 bits per heavy atom. The summed E-state index contributed by atoms with van der Waals surface area (Å²) >= 11 is 1.58. The van der Waals surface area contributed by atoms with E-state index in [0.717, 1.165) is 12.3 Å². The third kappa shape index (κ3) is 1.94. The van der Waals surface area contributed by atoms with Crippen LogP contribution in [0.3, 0.4) is 0 Å². The van der Waals surface area contributed by atoms with Crippen molar-refractivity contribution in [3.05, 3.63) is 0 Å². The van der Waals surface area contributed by atoms with Gasteiger partial charge in [-0.2, -0.15) is 0 Å². The highest BCUT2D eigenvalue weighted by atomic mass is 32.2. The minimum absolute atomic E-state index is 0.113. The molecule has 0 radical (unpaired) electrons. The van der Waals surface area contributed by atoms with Gasteiger partial charge in [0.05, 0.1) is 0 Å².